The van der Waals surface area contributed by atoms with Gasteiger partial charge in [-0.15, -0.1) is 0 Å². The van der Waals surface area contributed by atoms with Crippen molar-refractivity contribution in [3.05, 3.63) is 89.3 Å². The molecule has 1 aliphatic heterocycles. The van der Waals surface area contributed by atoms with E-state index in [1.807, 2.05) is 71.4 Å². The maximum absolute atomic E-state index is 13.3. The summed E-state index contributed by atoms with van der Waals surface area (Å²) in [6.45, 7) is 2.20. The molecule has 3 heterocycles. The smallest absolute Gasteiger partial charge is 0.244 e. The van der Waals surface area contributed by atoms with Crippen molar-refractivity contribution in [2.75, 3.05) is 23.3 Å². The second kappa shape index (κ2) is 8.87. The van der Waals surface area contributed by atoms with Gasteiger partial charge in [0.2, 0.25) is 5.91 Å². The van der Waals surface area contributed by atoms with Gasteiger partial charge in [0.05, 0.1) is 16.7 Å². The largest absolute Gasteiger partial charge is 0.371 e. The summed E-state index contributed by atoms with van der Waals surface area (Å²) in [5.74, 6) is -0.153. The number of anilines is 2. The predicted octanol–water partition coefficient (Wildman–Crippen LogP) is 5.33. The van der Waals surface area contributed by atoms with Crippen LogP contribution in [0.4, 0.5) is 11.4 Å². The Morgan fingerprint density at radius 1 is 0.800 bits per heavy atom. The summed E-state index contributed by atoms with van der Waals surface area (Å²) in [5.41, 5.74) is 3.42. The fourth-order valence-electron chi connectivity index (χ4n) is 5.27. The number of hydrogen-bond donors (Lipinski definition) is 1. The molecule has 6 rings (SSSR count). The normalized spacial score (nSPS) is 14.0. The molecule has 3 aromatic carbocycles. The van der Waals surface area contributed by atoms with Gasteiger partial charge >= 0.3 is 0 Å². The molecule has 5 aromatic rings. The summed E-state index contributed by atoms with van der Waals surface area (Å²) < 4.78 is 1.92. The third kappa shape index (κ3) is 3.81. The second-order valence-corrected chi connectivity index (χ2v) is 9.10. The number of hydrogen-bond acceptors (Lipinski definition) is 4. The van der Waals surface area contributed by atoms with Crippen molar-refractivity contribution in [3.8, 4) is 0 Å². The van der Waals surface area contributed by atoms with Crippen molar-refractivity contribution >= 4 is 49.9 Å². The van der Waals surface area contributed by atoms with E-state index in [9.17, 15) is 9.59 Å². The van der Waals surface area contributed by atoms with Crippen molar-refractivity contribution in [1.82, 2.24) is 9.55 Å². The molecule has 1 saturated heterocycles. The molecule has 0 atom stereocenters. The molecule has 1 fully saturated rings. The minimum Gasteiger partial charge on any atom is -0.371 e. The van der Waals surface area contributed by atoms with Crippen LogP contribution in [0.5, 0.6) is 0 Å². The maximum atomic E-state index is 13.3. The molecular weight excluding hydrogens is 436 g/mol. The lowest BCUT2D eigenvalue weighted by Gasteiger charge is -2.30. The second-order valence-electron chi connectivity index (χ2n) is 9.10. The quantitative estimate of drug-likeness (QED) is 0.367. The van der Waals surface area contributed by atoms with Gasteiger partial charge in [-0.2, -0.15) is 0 Å². The first kappa shape index (κ1) is 21.4. The van der Waals surface area contributed by atoms with Crippen LogP contribution in [0.25, 0.3) is 32.6 Å². The van der Waals surface area contributed by atoms with Crippen molar-refractivity contribution in [3.63, 3.8) is 0 Å². The van der Waals surface area contributed by atoms with Crippen LogP contribution >= 0.6 is 0 Å². The van der Waals surface area contributed by atoms with Crippen LogP contribution in [0.1, 0.15) is 19.3 Å². The average Bonchev–Trinajstić information content (AvgIpc) is 2.92. The minimum absolute atomic E-state index is 0.0155. The van der Waals surface area contributed by atoms with E-state index in [1.54, 1.807) is 6.20 Å². The summed E-state index contributed by atoms with van der Waals surface area (Å²) in [7, 11) is 0. The van der Waals surface area contributed by atoms with E-state index in [-0.39, 0.29) is 17.9 Å². The Morgan fingerprint density at radius 2 is 1.49 bits per heavy atom. The number of nitrogens with one attached hydrogen (secondary N) is 1. The number of para-hydroxylation sites is 2. The summed E-state index contributed by atoms with van der Waals surface area (Å²) in [6.07, 6.45) is 7.31. The SMILES string of the molecule is O=C(Cn1c2ccccc2c(=O)c2ccccc21)Nc1ccc(N2CCCCC2)c2ccncc12. The Bertz CT molecular complexity index is 1570. The van der Waals surface area contributed by atoms with Crippen LogP contribution in [0.2, 0.25) is 0 Å². The highest BCUT2D eigenvalue weighted by atomic mass is 16.2. The molecule has 2 aromatic heterocycles. The van der Waals surface area contributed by atoms with Crippen LogP contribution < -0.4 is 15.6 Å². The van der Waals surface area contributed by atoms with Crippen LogP contribution in [0.3, 0.4) is 0 Å². The number of piperidine rings is 1. The van der Waals surface area contributed by atoms with Gasteiger partial charge in [0.15, 0.2) is 5.43 Å². The van der Waals surface area contributed by atoms with E-state index in [4.69, 9.17) is 0 Å². The van der Waals surface area contributed by atoms with Gasteiger partial charge in [-0.1, -0.05) is 24.3 Å². The Balaban J connectivity index is 1.38. The highest BCUT2D eigenvalue weighted by Gasteiger charge is 2.17. The summed E-state index contributed by atoms with van der Waals surface area (Å²) >= 11 is 0. The summed E-state index contributed by atoms with van der Waals surface area (Å²) in [6, 6.07) is 21.0. The van der Waals surface area contributed by atoms with Crippen LogP contribution in [-0.2, 0) is 11.3 Å². The summed E-state index contributed by atoms with van der Waals surface area (Å²) in [4.78, 5) is 33.1. The minimum atomic E-state index is -0.153. The molecule has 174 valence electrons. The first-order valence-electron chi connectivity index (χ1n) is 12.1. The molecule has 0 radical (unpaired) electrons. The zero-order valence-corrected chi connectivity index (χ0v) is 19.4. The molecule has 0 unspecified atom stereocenters. The lowest BCUT2D eigenvalue weighted by Crippen LogP contribution is -2.29. The Hall–Kier alpha value is -4.19. The highest BCUT2D eigenvalue weighted by Crippen LogP contribution is 2.33. The van der Waals surface area contributed by atoms with Crippen molar-refractivity contribution in [2.24, 2.45) is 0 Å². The number of fused-ring (bicyclic) bond motifs is 3. The third-order valence-electron chi connectivity index (χ3n) is 6.95. The fourth-order valence-corrected chi connectivity index (χ4v) is 5.27. The maximum Gasteiger partial charge on any atom is 0.244 e. The van der Waals surface area contributed by atoms with Gasteiger partial charge in [0.1, 0.15) is 6.54 Å². The molecule has 1 N–H and O–H groups in total. The van der Waals surface area contributed by atoms with E-state index in [1.165, 1.54) is 24.9 Å². The molecule has 0 aliphatic carbocycles. The number of benzene rings is 3. The highest BCUT2D eigenvalue weighted by molar-refractivity contribution is 6.07. The zero-order valence-electron chi connectivity index (χ0n) is 19.4. The van der Waals surface area contributed by atoms with E-state index in [0.29, 0.717) is 10.8 Å². The molecule has 6 nitrogen and oxygen atoms in total. The first-order valence-corrected chi connectivity index (χ1v) is 12.1. The van der Waals surface area contributed by atoms with Gasteiger partial charge in [-0.05, 0) is 61.7 Å². The van der Waals surface area contributed by atoms with Gasteiger partial charge < -0.3 is 14.8 Å². The van der Waals surface area contributed by atoms with Gasteiger partial charge in [0.25, 0.3) is 0 Å². The zero-order chi connectivity index (χ0) is 23.8. The Labute approximate surface area is 202 Å². The molecule has 0 bridgehead atoms. The Morgan fingerprint density at radius 3 is 2.20 bits per heavy atom. The molecule has 0 saturated carbocycles. The Kier molecular flexibility index (Phi) is 5.41. The number of rotatable bonds is 4. The number of pyridine rings is 2. The van der Waals surface area contributed by atoms with Crippen molar-refractivity contribution in [1.29, 1.82) is 0 Å². The molecule has 6 heteroatoms. The molecule has 35 heavy (non-hydrogen) atoms. The number of carbonyl (C=O) groups excluding carboxylic acids is 1. The van der Waals surface area contributed by atoms with Crippen LogP contribution in [0, 0.1) is 0 Å². The van der Waals surface area contributed by atoms with E-state index < -0.39 is 0 Å². The molecule has 1 aliphatic rings. The molecule has 0 spiro atoms. The van der Waals surface area contributed by atoms with Crippen molar-refractivity contribution < 1.29 is 4.79 Å². The average molecular weight is 463 g/mol. The van der Waals surface area contributed by atoms with Gasteiger partial charge in [0, 0.05) is 52.7 Å². The van der Waals surface area contributed by atoms with E-state index >= 15 is 0 Å². The predicted molar refractivity (Wildman–Crippen MR) is 142 cm³/mol. The third-order valence-corrected chi connectivity index (χ3v) is 6.95. The van der Waals surface area contributed by atoms with Crippen molar-refractivity contribution in [2.45, 2.75) is 25.8 Å². The number of aromatic nitrogens is 2. The topological polar surface area (TPSA) is 67.2 Å². The number of nitrogens with zero attached hydrogens (tertiary/aromatic N) is 3. The van der Waals surface area contributed by atoms with E-state index in [2.05, 4.69) is 21.3 Å². The molecule has 1 amide bonds. The molecular formula is C29H26N4O2. The van der Waals surface area contributed by atoms with Crippen LogP contribution in [-0.4, -0.2) is 28.5 Å². The number of carbonyl (C=O) groups is 1. The fraction of sp³-hybridized carbons (Fsp3) is 0.207. The first-order chi connectivity index (χ1) is 17.2. The standard InChI is InChI=1S/C29H26N4O2/c34-28(19-33-26-10-4-2-8-21(26)29(35)22-9-3-5-11-27(22)33)31-24-12-13-25(32-16-6-1-7-17-32)20-14-15-30-18-23(20)24/h2-5,8-15,18H,1,6-7,16-17,19H2,(H,31,34). The lowest BCUT2D eigenvalue weighted by molar-refractivity contribution is -0.116. The number of amides is 1. The lowest BCUT2D eigenvalue weighted by atomic mass is 10.1. The van der Waals surface area contributed by atoms with Crippen LogP contribution in [0.15, 0.2) is 83.9 Å². The van der Waals surface area contributed by atoms with Gasteiger partial charge in [-0.3, -0.25) is 14.6 Å². The van der Waals surface area contributed by atoms with Gasteiger partial charge in [-0.25, -0.2) is 0 Å². The van der Waals surface area contributed by atoms with E-state index in [0.717, 1.165) is 40.6 Å². The monoisotopic (exact) mass is 462 g/mol. The summed E-state index contributed by atoms with van der Waals surface area (Å²) in [5, 5.41) is 6.36.